The van der Waals surface area contributed by atoms with Crippen LogP contribution in [-0.4, -0.2) is 70.8 Å². The number of nitrogens with zero attached hydrogens (tertiary/aromatic N) is 5. The van der Waals surface area contributed by atoms with Crippen molar-refractivity contribution in [3.8, 4) is 0 Å². The minimum Gasteiger partial charge on any atom is -0.371 e. The summed E-state index contributed by atoms with van der Waals surface area (Å²) in [5.74, 6) is -0.583. The average Bonchev–Trinajstić information content (AvgIpc) is 3.58. The van der Waals surface area contributed by atoms with Gasteiger partial charge in [-0.05, 0) is 49.9 Å². The normalized spacial score (nSPS) is 23.5. The third-order valence-corrected chi connectivity index (χ3v) is 7.54. The van der Waals surface area contributed by atoms with Gasteiger partial charge in [0.05, 0.1) is 11.8 Å². The zero-order valence-corrected chi connectivity index (χ0v) is 18.9. The number of aromatic nitrogens is 2. The Morgan fingerprint density at radius 1 is 1.09 bits per heavy atom. The maximum Gasteiger partial charge on any atom is 0.344 e. The Balaban J connectivity index is 1.20. The van der Waals surface area contributed by atoms with Crippen LogP contribution in [0.4, 0.5) is 10.5 Å². The second kappa shape index (κ2) is 8.41. The van der Waals surface area contributed by atoms with Gasteiger partial charge in [-0.15, -0.1) is 0 Å². The molecule has 0 saturated carbocycles. The van der Waals surface area contributed by atoms with Crippen molar-refractivity contribution in [2.75, 3.05) is 44.2 Å². The van der Waals surface area contributed by atoms with E-state index in [4.69, 9.17) is 17.3 Å². The van der Waals surface area contributed by atoms with Crippen LogP contribution in [0.2, 0.25) is 5.02 Å². The molecule has 3 saturated heterocycles. The Hall–Kier alpha value is -2.58. The molecule has 5 rings (SSSR count). The predicted octanol–water partition coefficient (Wildman–Crippen LogP) is 2.80. The van der Waals surface area contributed by atoms with E-state index >= 15 is 0 Å². The lowest BCUT2D eigenvalue weighted by Gasteiger charge is -2.25. The number of likely N-dealkylation sites (tertiary alicyclic amines) is 2. The van der Waals surface area contributed by atoms with Crippen LogP contribution in [0, 0.1) is 5.41 Å². The molecular weight excluding hydrogens is 428 g/mol. The molecule has 32 heavy (non-hydrogen) atoms. The van der Waals surface area contributed by atoms with Crippen molar-refractivity contribution in [1.82, 2.24) is 19.6 Å². The molecule has 1 aromatic heterocycles. The number of benzene rings is 1. The molecule has 2 aromatic rings. The van der Waals surface area contributed by atoms with E-state index < -0.39 is 5.91 Å². The van der Waals surface area contributed by atoms with Gasteiger partial charge in [0.15, 0.2) is 0 Å². The van der Waals surface area contributed by atoms with Gasteiger partial charge in [-0.1, -0.05) is 17.7 Å². The molecule has 2 amide bonds. The fraction of sp³-hybridized carbons (Fsp3) is 0.522. The van der Waals surface area contributed by atoms with Gasteiger partial charge in [-0.3, -0.25) is 9.69 Å². The molecule has 170 valence electrons. The predicted molar refractivity (Wildman–Crippen MR) is 123 cm³/mol. The van der Waals surface area contributed by atoms with Gasteiger partial charge in [0, 0.05) is 61.6 Å². The van der Waals surface area contributed by atoms with Crippen LogP contribution in [0.25, 0.3) is 0 Å². The molecule has 1 atom stereocenters. The maximum absolute atomic E-state index is 12.8. The molecule has 3 aliphatic rings. The maximum atomic E-state index is 12.8. The number of amides is 2. The van der Waals surface area contributed by atoms with Crippen LogP contribution < -0.4 is 10.6 Å². The number of carbonyl (C=O) groups excluding carboxylic acids is 2. The smallest absolute Gasteiger partial charge is 0.344 e. The van der Waals surface area contributed by atoms with E-state index in [0.29, 0.717) is 13.1 Å². The van der Waals surface area contributed by atoms with E-state index in [9.17, 15) is 9.59 Å². The van der Waals surface area contributed by atoms with Gasteiger partial charge in [-0.25, -0.2) is 4.79 Å². The van der Waals surface area contributed by atoms with Crippen molar-refractivity contribution in [2.45, 2.75) is 32.2 Å². The van der Waals surface area contributed by atoms with Crippen LogP contribution in [0.3, 0.4) is 0 Å². The highest BCUT2D eigenvalue weighted by Gasteiger charge is 2.45. The van der Waals surface area contributed by atoms with Crippen molar-refractivity contribution in [3.05, 3.63) is 46.7 Å². The Labute approximate surface area is 192 Å². The third kappa shape index (κ3) is 4.09. The van der Waals surface area contributed by atoms with Gasteiger partial charge in [0.25, 0.3) is 5.91 Å². The number of hydrogen-bond acceptors (Lipinski definition) is 5. The molecule has 4 heterocycles. The van der Waals surface area contributed by atoms with Gasteiger partial charge >= 0.3 is 6.03 Å². The SMILES string of the molecule is NC(=O)c1cnn(C(=O)N2CCC3(CCN(Cc4ccc(N5CCCC5)cc4Cl)C3)C2)c1. The minimum absolute atomic E-state index is 0.108. The van der Waals surface area contributed by atoms with Gasteiger partial charge in [0.1, 0.15) is 0 Å². The van der Waals surface area contributed by atoms with E-state index in [1.807, 2.05) is 4.90 Å². The fourth-order valence-corrected chi connectivity index (χ4v) is 5.61. The molecule has 2 N–H and O–H groups in total. The number of hydrogen-bond donors (Lipinski definition) is 1. The monoisotopic (exact) mass is 456 g/mol. The molecule has 9 heteroatoms. The Morgan fingerprint density at radius 3 is 2.59 bits per heavy atom. The molecular formula is C23H29ClN6O2. The number of rotatable bonds is 4. The van der Waals surface area contributed by atoms with Crippen LogP contribution >= 0.6 is 11.6 Å². The first-order chi connectivity index (χ1) is 15.4. The first-order valence-electron chi connectivity index (χ1n) is 11.3. The summed E-state index contributed by atoms with van der Waals surface area (Å²) in [5, 5.41) is 4.84. The molecule has 3 fully saturated rings. The lowest BCUT2D eigenvalue weighted by atomic mass is 9.86. The fourth-order valence-electron chi connectivity index (χ4n) is 5.37. The van der Waals surface area contributed by atoms with E-state index in [1.165, 1.54) is 35.6 Å². The number of anilines is 1. The molecule has 1 spiro atoms. The highest BCUT2D eigenvalue weighted by Crippen LogP contribution is 2.40. The summed E-state index contributed by atoms with van der Waals surface area (Å²) >= 11 is 6.65. The molecule has 1 aromatic carbocycles. The molecule has 3 aliphatic heterocycles. The summed E-state index contributed by atoms with van der Waals surface area (Å²) < 4.78 is 1.22. The quantitative estimate of drug-likeness (QED) is 0.764. The number of nitrogens with two attached hydrogens (primary N) is 1. The topological polar surface area (TPSA) is 87.7 Å². The molecule has 0 bridgehead atoms. The average molecular weight is 457 g/mol. The van der Waals surface area contributed by atoms with E-state index in [1.54, 1.807) is 0 Å². The Bertz CT molecular complexity index is 1030. The summed E-state index contributed by atoms with van der Waals surface area (Å²) in [6, 6.07) is 6.26. The molecule has 0 radical (unpaired) electrons. The van der Waals surface area contributed by atoms with Crippen molar-refractivity contribution in [2.24, 2.45) is 11.1 Å². The number of carbonyl (C=O) groups is 2. The second-order valence-corrected chi connectivity index (χ2v) is 9.83. The Morgan fingerprint density at radius 2 is 1.88 bits per heavy atom. The van der Waals surface area contributed by atoms with E-state index in [-0.39, 0.29) is 17.0 Å². The molecule has 8 nitrogen and oxygen atoms in total. The summed E-state index contributed by atoms with van der Waals surface area (Å²) in [6.07, 6.45) is 7.28. The summed E-state index contributed by atoms with van der Waals surface area (Å²) in [4.78, 5) is 30.8. The minimum atomic E-state index is -0.583. The highest BCUT2D eigenvalue weighted by atomic mass is 35.5. The van der Waals surface area contributed by atoms with Gasteiger partial charge in [0.2, 0.25) is 0 Å². The first kappa shape index (κ1) is 21.3. The third-order valence-electron chi connectivity index (χ3n) is 7.19. The van der Waals surface area contributed by atoms with Crippen LogP contribution in [-0.2, 0) is 6.54 Å². The van der Waals surface area contributed by atoms with E-state index in [0.717, 1.165) is 56.2 Å². The summed E-state index contributed by atoms with van der Waals surface area (Å²) in [5.41, 5.74) is 8.00. The lowest BCUT2D eigenvalue weighted by molar-refractivity contribution is 0.100. The van der Waals surface area contributed by atoms with E-state index in [2.05, 4.69) is 33.1 Å². The van der Waals surface area contributed by atoms with Crippen molar-refractivity contribution in [3.63, 3.8) is 0 Å². The standard InChI is InChI=1S/C23H29ClN6O2/c24-20-11-19(28-7-1-2-8-28)4-3-17(20)13-27-9-5-23(15-27)6-10-29(16-23)22(32)30-14-18(12-26-30)21(25)31/h3-4,11-12,14H,1-2,5-10,13,15-16H2,(H2,25,31). The lowest BCUT2D eigenvalue weighted by Crippen LogP contribution is -2.36. The van der Waals surface area contributed by atoms with Gasteiger partial charge < -0.3 is 15.5 Å². The second-order valence-electron chi connectivity index (χ2n) is 9.42. The van der Waals surface area contributed by atoms with Crippen LogP contribution in [0.15, 0.2) is 30.6 Å². The Kier molecular flexibility index (Phi) is 5.59. The van der Waals surface area contributed by atoms with Crippen molar-refractivity contribution in [1.29, 1.82) is 0 Å². The zero-order chi connectivity index (χ0) is 22.3. The molecule has 1 unspecified atom stereocenters. The number of halogens is 1. The zero-order valence-electron chi connectivity index (χ0n) is 18.2. The van der Waals surface area contributed by atoms with Crippen molar-refractivity contribution < 1.29 is 9.59 Å². The highest BCUT2D eigenvalue weighted by molar-refractivity contribution is 6.31. The van der Waals surface area contributed by atoms with Crippen LogP contribution in [0.5, 0.6) is 0 Å². The van der Waals surface area contributed by atoms with Gasteiger partial charge in [-0.2, -0.15) is 9.78 Å². The summed E-state index contributed by atoms with van der Waals surface area (Å²) in [7, 11) is 0. The first-order valence-corrected chi connectivity index (χ1v) is 11.7. The number of primary amides is 1. The summed E-state index contributed by atoms with van der Waals surface area (Å²) in [6.45, 7) is 6.41. The van der Waals surface area contributed by atoms with Crippen LogP contribution in [0.1, 0.15) is 41.6 Å². The van der Waals surface area contributed by atoms with Crippen molar-refractivity contribution >= 4 is 29.2 Å². The largest absolute Gasteiger partial charge is 0.371 e. The molecule has 0 aliphatic carbocycles.